The number of hydrogen-bond acceptors (Lipinski definition) is 8. The monoisotopic (exact) mass is 609 g/mol. The Hall–Kier alpha value is -4.77. The molecule has 2 fully saturated rings. The Labute approximate surface area is 263 Å². The summed E-state index contributed by atoms with van der Waals surface area (Å²) in [6, 6.07) is 23.9. The van der Waals surface area contributed by atoms with Crippen LogP contribution in [0.25, 0.3) is 5.69 Å². The van der Waals surface area contributed by atoms with Crippen LogP contribution in [-0.4, -0.2) is 89.3 Å². The van der Waals surface area contributed by atoms with E-state index in [1.807, 2.05) is 41.3 Å². The number of aromatic nitrogens is 4. The van der Waals surface area contributed by atoms with Crippen LogP contribution >= 0.6 is 0 Å². The SMILES string of the molecule is COc1cccc(C2(CCN3CCC(NC=O)(c4ccccc4)CC3)CCN(C(=O)c3cc(-n4cnnn4)ccc3OC)C2)c1. The maximum absolute atomic E-state index is 14.1. The van der Waals surface area contributed by atoms with E-state index in [1.165, 1.54) is 16.6 Å². The van der Waals surface area contributed by atoms with Crippen LogP contribution in [0.3, 0.4) is 0 Å². The van der Waals surface area contributed by atoms with Crippen molar-refractivity contribution in [2.75, 3.05) is 46.9 Å². The average molecular weight is 610 g/mol. The van der Waals surface area contributed by atoms with Gasteiger partial charge < -0.3 is 24.6 Å². The molecule has 1 unspecified atom stereocenters. The third kappa shape index (κ3) is 6.12. The number of ether oxygens (including phenoxy) is 2. The second kappa shape index (κ2) is 13.1. The van der Waals surface area contributed by atoms with Crippen LogP contribution in [0, 0.1) is 0 Å². The summed E-state index contributed by atoms with van der Waals surface area (Å²) in [5.74, 6) is 1.23. The molecule has 4 aromatic rings. The van der Waals surface area contributed by atoms with E-state index < -0.39 is 0 Å². The summed E-state index contributed by atoms with van der Waals surface area (Å²) in [7, 11) is 3.25. The Morgan fingerprint density at radius 1 is 0.933 bits per heavy atom. The van der Waals surface area contributed by atoms with E-state index in [-0.39, 0.29) is 16.9 Å². The van der Waals surface area contributed by atoms with Gasteiger partial charge >= 0.3 is 0 Å². The fourth-order valence-corrected chi connectivity index (χ4v) is 6.96. The number of likely N-dealkylation sites (tertiary alicyclic amines) is 2. The molecule has 0 bridgehead atoms. The number of rotatable bonds is 11. The standard InChI is InChI=1S/C34H39N7O4/c1-44-29-10-6-9-27(21-29)33(13-17-39-18-15-34(16-19-39,35-25-42)26-7-4-3-5-8-26)14-20-40(23-33)32(43)30-22-28(11-12-31(30)45-2)41-24-36-37-38-41/h3-12,21-22,24-25H,13-20,23H2,1-2H3,(H,35,42). The molecule has 2 aliphatic rings. The van der Waals surface area contributed by atoms with Crippen molar-refractivity contribution in [3.05, 3.63) is 95.8 Å². The van der Waals surface area contributed by atoms with Gasteiger partial charge in [0.1, 0.15) is 17.8 Å². The number of hydrogen-bond donors (Lipinski definition) is 1. The molecule has 3 heterocycles. The molecule has 6 rings (SSSR count). The summed E-state index contributed by atoms with van der Waals surface area (Å²) < 4.78 is 12.7. The highest BCUT2D eigenvalue weighted by molar-refractivity contribution is 5.97. The van der Waals surface area contributed by atoms with E-state index in [2.05, 4.69) is 50.0 Å². The van der Waals surface area contributed by atoms with Gasteiger partial charge in [-0.15, -0.1) is 5.10 Å². The summed E-state index contributed by atoms with van der Waals surface area (Å²) in [5, 5.41) is 14.6. The van der Waals surface area contributed by atoms with E-state index in [1.54, 1.807) is 26.4 Å². The van der Waals surface area contributed by atoms with E-state index in [0.717, 1.165) is 63.0 Å². The minimum Gasteiger partial charge on any atom is -0.497 e. The van der Waals surface area contributed by atoms with Gasteiger partial charge in [0, 0.05) is 31.6 Å². The van der Waals surface area contributed by atoms with Gasteiger partial charge in [0.05, 0.1) is 31.0 Å². The number of piperidine rings is 1. The van der Waals surface area contributed by atoms with Crippen molar-refractivity contribution in [3.63, 3.8) is 0 Å². The van der Waals surface area contributed by atoms with Crippen LogP contribution in [0.5, 0.6) is 11.5 Å². The molecule has 2 amide bonds. The lowest BCUT2D eigenvalue weighted by Gasteiger charge is -2.43. The van der Waals surface area contributed by atoms with E-state index in [9.17, 15) is 9.59 Å². The first kappa shape index (κ1) is 30.3. The van der Waals surface area contributed by atoms with Gasteiger partial charge in [0.2, 0.25) is 6.41 Å². The van der Waals surface area contributed by atoms with Crippen molar-refractivity contribution in [2.24, 2.45) is 0 Å². The summed E-state index contributed by atoms with van der Waals surface area (Å²) in [6.07, 6.45) is 5.71. The second-order valence-electron chi connectivity index (χ2n) is 11.9. The molecule has 11 heteroatoms. The first-order valence-corrected chi connectivity index (χ1v) is 15.3. The molecule has 2 saturated heterocycles. The van der Waals surface area contributed by atoms with Gasteiger partial charge in [-0.05, 0) is 84.1 Å². The molecule has 234 valence electrons. The molecule has 0 saturated carbocycles. The first-order chi connectivity index (χ1) is 22.0. The summed E-state index contributed by atoms with van der Waals surface area (Å²) >= 11 is 0. The van der Waals surface area contributed by atoms with Gasteiger partial charge in [-0.2, -0.15) is 0 Å². The van der Waals surface area contributed by atoms with Crippen LogP contribution in [-0.2, 0) is 15.7 Å². The molecule has 0 aliphatic carbocycles. The molecule has 1 aromatic heterocycles. The van der Waals surface area contributed by atoms with E-state index >= 15 is 0 Å². The third-order valence-corrected chi connectivity index (χ3v) is 9.63. The Kier molecular flexibility index (Phi) is 8.79. The highest BCUT2D eigenvalue weighted by Gasteiger charge is 2.43. The van der Waals surface area contributed by atoms with Gasteiger partial charge in [-0.1, -0.05) is 42.5 Å². The lowest BCUT2D eigenvalue weighted by Crippen LogP contribution is -2.51. The highest BCUT2D eigenvalue weighted by Crippen LogP contribution is 2.41. The number of methoxy groups -OCH3 is 2. The van der Waals surface area contributed by atoms with Crippen molar-refractivity contribution in [1.29, 1.82) is 0 Å². The molecule has 0 spiro atoms. The number of amides is 2. The predicted octanol–water partition coefficient (Wildman–Crippen LogP) is 3.59. The fourth-order valence-electron chi connectivity index (χ4n) is 6.96. The number of benzene rings is 3. The smallest absolute Gasteiger partial charge is 0.257 e. The molecular formula is C34H39N7O4. The Balaban J connectivity index is 1.22. The first-order valence-electron chi connectivity index (χ1n) is 15.3. The topological polar surface area (TPSA) is 115 Å². The maximum atomic E-state index is 14.1. The van der Waals surface area contributed by atoms with Gasteiger partial charge in [0.25, 0.3) is 5.91 Å². The van der Waals surface area contributed by atoms with Crippen LogP contribution in [0.15, 0.2) is 79.1 Å². The molecule has 11 nitrogen and oxygen atoms in total. The fraction of sp³-hybridized carbons (Fsp3) is 0.382. The lowest BCUT2D eigenvalue weighted by atomic mass is 9.76. The van der Waals surface area contributed by atoms with Crippen molar-refractivity contribution in [2.45, 2.75) is 36.6 Å². The molecule has 0 radical (unpaired) electrons. The summed E-state index contributed by atoms with van der Waals surface area (Å²) in [6.45, 7) is 3.81. The zero-order chi connectivity index (χ0) is 31.3. The number of carbonyl (C=O) groups excluding carboxylic acids is 2. The number of tetrazole rings is 1. The van der Waals surface area contributed by atoms with E-state index in [0.29, 0.717) is 30.1 Å². The van der Waals surface area contributed by atoms with E-state index in [4.69, 9.17) is 9.47 Å². The van der Waals surface area contributed by atoms with Crippen molar-refractivity contribution >= 4 is 12.3 Å². The molecule has 2 aliphatic heterocycles. The molecule has 3 aromatic carbocycles. The minimum absolute atomic E-state index is 0.0860. The molecule has 1 atom stereocenters. The lowest BCUT2D eigenvalue weighted by molar-refractivity contribution is -0.112. The third-order valence-electron chi connectivity index (χ3n) is 9.63. The number of nitrogens with zero attached hydrogens (tertiary/aromatic N) is 6. The zero-order valence-corrected chi connectivity index (χ0v) is 25.8. The van der Waals surface area contributed by atoms with Crippen LogP contribution in [0.4, 0.5) is 0 Å². The molecule has 1 N–H and O–H groups in total. The van der Waals surface area contributed by atoms with Gasteiger partial charge in [-0.3, -0.25) is 9.59 Å². The van der Waals surface area contributed by atoms with Crippen LogP contribution < -0.4 is 14.8 Å². The van der Waals surface area contributed by atoms with Crippen molar-refractivity contribution < 1.29 is 19.1 Å². The predicted molar refractivity (Wildman–Crippen MR) is 169 cm³/mol. The van der Waals surface area contributed by atoms with Gasteiger partial charge in [-0.25, -0.2) is 4.68 Å². The summed E-state index contributed by atoms with van der Waals surface area (Å²) in [5.41, 5.74) is 2.88. The molecule has 45 heavy (non-hydrogen) atoms. The van der Waals surface area contributed by atoms with Crippen molar-refractivity contribution in [1.82, 2.24) is 35.3 Å². The Bertz CT molecular complexity index is 1610. The zero-order valence-electron chi connectivity index (χ0n) is 25.8. The number of nitrogens with one attached hydrogen (secondary N) is 1. The largest absolute Gasteiger partial charge is 0.497 e. The maximum Gasteiger partial charge on any atom is 0.257 e. The highest BCUT2D eigenvalue weighted by atomic mass is 16.5. The Morgan fingerprint density at radius 3 is 2.44 bits per heavy atom. The van der Waals surface area contributed by atoms with Crippen molar-refractivity contribution in [3.8, 4) is 17.2 Å². The quantitative estimate of drug-likeness (QED) is 0.257. The summed E-state index contributed by atoms with van der Waals surface area (Å²) in [4.78, 5) is 30.1. The normalized spacial score (nSPS) is 19.6. The minimum atomic E-state index is -0.351. The van der Waals surface area contributed by atoms with Gasteiger partial charge in [0.15, 0.2) is 0 Å². The second-order valence-corrected chi connectivity index (χ2v) is 11.9. The van der Waals surface area contributed by atoms with Crippen LogP contribution in [0.1, 0.15) is 47.2 Å². The molecular weight excluding hydrogens is 570 g/mol. The Morgan fingerprint density at radius 2 is 1.73 bits per heavy atom. The van der Waals surface area contributed by atoms with Crippen LogP contribution in [0.2, 0.25) is 0 Å². The average Bonchev–Trinajstić information content (AvgIpc) is 3.80. The number of carbonyl (C=O) groups is 2.